The van der Waals surface area contributed by atoms with Gasteiger partial charge in [-0.05, 0) is 73.9 Å². The minimum Gasteiger partial charge on any atom is -0.489 e. The van der Waals surface area contributed by atoms with E-state index in [0.717, 1.165) is 66.9 Å². The molecular formula is C52H59ClF2N11O4+. The summed E-state index contributed by atoms with van der Waals surface area (Å²) in [5.41, 5.74) is 4.87. The van der Waals surface area contributed by atoms with Crippen molar-refractivity contribution in [1.82, 2.24) is 30.0 Å². The number of hydrogen-bond donors (Lipinski definition) is 1. The zero-order valence-corrected chi connectivity index (χ0v) is 41.2. The fraction of sp³-hybridized carbons (Fsp3) is 0.500. The van der Waals surface area contributed by atoms with E-state index in [1.54, 1.807) is 67.7 Å². The number of hydrogen-bond acceptors (Lipinski definition) is 11. The van der Waals surface area contributed by atoms with Crippen molar-refractivity contribution in [1.29, 1.82) is 5.26 Å². The Hall–Kier alpha value is -6.25. The van der Waals surface area contributed by atoms with Gasteiger partial charge in [0.05, 0.1) is 53.1 Å². The third-order valence-electron chi connectivity index (χ3n) is 15.3. The van der Waals surface area contributed by atoms with Crippen molar-refractivity contribution >= 4 is 47.1 Å². The summed E-state index contributed by atoms with van der Waals surface area (Å²) in [6.07, 6.45) is 12.0. The lowest BCUT2D eigenvalue weighted by Crippen LogP contribution is -2.74. The first-order chi connectivity index (χ1) is 33.5. The number of rotatable bonds is 10. The summed E-state index contributed by atoms with van der Waals surface area (Å²) in [6, 6.07) is 10.4. The Morgan fingerprint density at radius 2 is 1.74 bits per heavy atom. The van der Waals surface area contributed by atoms with Crippen LogP contribution in [0.5, 0.6) is 5.75 Å². The predicted octanol–water partition coefficient (Wildman–Crippen LogP) is 8.09. The number of carbonyl (C=O) groups is 2. The lowest BCUT2D eigenvalue weighted by atomic mass is 9.49. The number of nitriles is 1. The van der Waals surface area contributed by atoms with E-state index in [1.165, 1.54) is 0 Å². The molecule has 0 bridgehead atoms. The van der Waals surface area contributed by atoms with Crippen LogP contribution < -0.4 is 19.9 Å². The van der Waals surface area contributed by atoms with E-state index in [-0.39, 0.29) is 47.6 Å². The van der Waals surface area contributed by atoms with Gasteiger partial charge in [-0.2, -0.15) is 10.4 Å². The highest BCUT2D eigenvalue weighted by molar-refractivity contribution is 6.31. The van der Waals surface area contributed by atoms with Crippen LogP contribution >= 0.6 is 11.6 Å². The number of aryl methyl sites for hydroxylation is 2. The van der Waals surface area contributed by atoms with Crippen LogP contribution in [0, 0.1) is 28.1 Å². The number of nitrogens with zero attached hydrogens (tertiary/aromatic N) is 10. The number of ether oxygens (including phenoxy) is 2. The van der Waals surface area contributed by atoms with Gasteiger partial charge in [0.1, 0.15) is 17.9 Å². The molecule has 2 aromatic heterocycles. The first-order valence-electron chi connectivity index (χ1n) is 24.3. The number of nitrogens with one attached hydrogen (secondary N) is 1. The first-order valence-corrected chi connectivity index (χ1v) is 24.7. The van der Waals surface area contributed by atoms with Crippen LogP contribution in [-0.2, 0) is 23.0 Å². The number of fused-ring (bicyclic) bond motifs is 1. The van der Waals surface area contributed by atoms with Crippen molar-refractivity contribution in [2.24, 2.45) is 28.9 Å². The molecule has 0 radical (unpaired) electrons. The van der Waals surface area contributed by atoms with Gasteiger partial charge >= 0.3 is 0 Å². The molecule has 2 aromatic carbocycles. The van der Waals surface area contributed by atoms with Gasteiger partial charge in [-0.15, -0.1) is 0 Å². The third kappa shape index (κ3) is 8.82. The summed E-state index contributed by atoms with van der Waals surface area (Å²) in [5, 5.41) is 22.2. The van der Waals surface area contributed by atoms with Crippen molar-refractivity contribution in [3.63, 3.8) is 0 Å². The van der Waals surface area contributed by atoms with Crippen LogP contribution in [-0.4, -0.2) is 110 Å². The molecule has 18 heteroatoms. The number of hydrazone groups is 1. The van der Waals surface area contributed by atoms with E-state index >= 15 is 0 Å². The summed E-state index contributed by atoms with van der Waals surface area (Å²) in [4.78, 5) is 41.2. The van der Waals surface area contributed by atoms with Gasteiger partial charge in [-0.25, -0.2) is 18.7 Å². The van der Waals surface area contributed by atoms with Gasteiger partial charge in [0.25, 0.3) is 12.3 Å². The number of alkyl halides is 2. The van der Waals surface area contributed by atoms with E-state index in [0.29, 0.717) is 78.1 Å². The van der Waals surface area contributed by atoms with E-state index in [4.69, 9.17) is 26.2 Å². The summed E-state index contributed by atoms with van der Waals surface area (Å²) >= 11 is 6.26. The minimum absolute atomic E-state index is 0.000476. The minimum atomic E-state index is -2.67. The molecule has 6 heterocycles. The molecule has 2 saturated carbocycles. The average molecular weight is 976 g/mol. The Morgan fingerprint density at radius 1 is 1.00 bits per heavy atom. The van der Waals surface area contributed by atoms with Crippen LogP contribution in [0.15, 0.2) is 71.5 Å². The summed E-state index contributed by atoms with van der Waals surface area (Å²) in [7, 11) is 1.78. The maximum Gasteiger partial charge on any atom is 0.264 e. The fourth-order valence-corrected chi connectivity index (χ4v) is 12.1. The van der Waals surface area contributed by atoms with Crippen LogP contribution in [0.2, 0.25) is 5.02 Å². The second kappa shape index (κ2) is 18.5. The summed E-state index contributed by atoms with van der Waals surface area (Å²) < 4.78 is 46.1. The second-order valence-electron chi connectivity index (χ2n) is 20.8. The van der Waals surface area contributed by atoms with E-state index in [9.17, 15) is 23.6 Å². The second-order valence-corrected chi connectivity index (χ2v) is 21.2. The normalized spacial score (nSPS) is 24.4. The van der Waals surface area contributed by atoms with Crippen LogP contribution in [0.3, 0.4) is 0 Å². The molecule has 2 amide bonds. The largest absolute Gasteiger partial charge is 0.489 e. The van der Waals surface area contributed by atoms with Gasteiger partial charge in [-0.1, -0.05) is 44.0 Å². The van der Waals surface area contributed by atoms with Gasteiger partial charge < -0.3 is 29.5 Å². The molecule has 2 aliphatic carbocycles. The molecule has 70 heavy (non-hydrogen) atoms. The number of amidine groups is 1. The Morgan fingerprint density at radius 3 is 2.40 bits per heavy atom. The summed E-state index contributed by atoms with van der Waals surface area (Å²) in [5.74, 6) is 1.88. The summed E-state index contributed by atoms with van der Waals surface area (Å²) in [6.45, 7) is 12.8. The van der Waals surface area contributed by atoms with Crippen molar-refractivity contribution in [2.45, 2.75) is 110 Å². The molecule has 1 saturated heterocycles. The number of amides is 2. The Balaban J connectivity index is 0.742. The highest BCUT2D eigenvalue weighted by Crippen LogP contribution is 2.56. The molecule has 1 N–H and O–H groups in total. The molecule has 3 fully saturated rings. The molecule has 0 unspecified atom stereocenters. The Bertz CT molecular complexity index is 2840. The Kier molecular flexibility index (Phi) is 12.5. The molecular weight excluding hydrogens is 916 g/mol. The van der Waals surface area contributed by atoms with Gasteiger partial charge in [0.15, 0.2) is 6.21 Å². The lowest BCUT2D eigenvalue weighted by molar-refractivity contribution is -0.479. The predicted molar refractivity (Wildman–Crippen MR) is 261 cm³/mol. The number of halogens is 3. The molecule has 4 aliphatic heterocycles. The van der Waals surface area contributed by atoms with Gasteiger partial charge in [-0.3, -0.25) is 14.3 Å². The van der Waals surface area contributed by atoms with E-state index in [2.05, 4.69) is 70.2 Å². The molecule has 15 nitrogen and oxygen atoms in total. The standard InChI is InChI=1S/C52H58ClF2N11O4/c1-30(67)63-17-15-43-41(29-63)46(65-16-7-8-32-18-39(35-24-59-62(6)26-35)40(45(54)55)20-44(32)65)61-66(43)25-31-9-12-36(13-10-31)69-38-27-64(28-38)50-57-22-34(23-58-50)47(68)60-48-51(2,3)49(52(48,4)5)70-37-14-11-33(21-56)42(53)19-37/h11,14,18-20,22-26,31,36,38,45,48-49H,7-10,12-13,15-17,27-29H2,1-6H3/p+1/b66-25-. The fourth-order valence-electron chi connectivity index (χ4n) is 11.8. The molecule has 10 rings (SSSR count). The van der Waals surface area contributed by atoms with Crippen LogP contribution in [0.4, 0.5) is 20.4 Å². The highest BCUT2D eigenvalue weighted by Gasteiger charge is 2.64. The van der Waals surface area contributed by atoms with Gasteiger partial charge in [0.2, 0.25) is 23.4 Å². The molecule has 366 valence electrons. The van der Waals surface area contributed by atoms with Crippen molar-refractivity contribution < 1.29 is 32.5 Å². The SMILES string of the molecule is CC(=O)N1CCC2=C(C1)C(N1CCCc3cc(-c4cnn(C)c4)c(C(F)F)cc31)=N/[N+]2=C\C1CCC(OC2CN(c3ncc(C(=O)NC4C(C)(C)C(Oc5ccc(C#N)c(Cl)c5)C4(C)C)cn3)C2)CC1. The molecule has 6 aliphatic rings. The quantitative estimate of drug-likeness (QED) is 0.154. The highest BCUT2D eigenvalue weighted by atomic mass is 35.5. The zero-order chi connectivity index (χ0) is 49.2. The van der Waals surface area contributed by atoms with E-state index in [1.807, 2.05) is 15.7 Å². The number of anilines is 2. The van der Waals surface area contributed by atoms with Crippen LogP contribution in [0.1, 0.15) is 107 Å². The maximum atomic E-state index is 14.7. The maximum absolute atomic E-state index is 14.7. The Labute approximate surface area is 411 Å². The number of benzene rings is 2. The molecule has 4 aromatic rings. The topological polar surface area (TPSA) is 157 Å². The van der Waals surface area contributed by atoms with Crippen molar-refractivity contribution in [2.75, 3.05) is 42.5 Å². The molecule has 0 spiro atoms. The average Bonchev–Trinajstić information content (AvgIpc) is 3.93. The van der Waals surface area contributed by atoms with Crippen molar-refractivity contribution in [3.05, 3.63) is 93.7 Å². The number of aromatic nitrogens is 4. The van der Waals surface area contributed by atoms with Gasteiger partial charge in [0, 0.05) is 110 Å². The van der Waals surface area contributed by atoms with Crippen LogP contribution in [0.25, 0.3) is 11.1 Å². The van der Waals surface area contributed by atoms with E-state index < -0.39 is 17.3 Å². The zero-order valence-electron chi connectivity index (χ0n) is 40.5. The number of carbonyl (C=O) groups excluding carboxylic acids is 2. The monoisotopic (exact) mass is 974 g/mol. The third-order valence-corrected chi connectivity index (χ3v) is 15.6. The lowest BCUT2D eigenvalue weighted by Gasteiger charge is -2.63. The molecule has 0 atom stereocenters. The smallest absolute Gasteiger partial charge is 0.264 e. The van der Waals surface area contributed by atoms with Crippen molar-refractivity contribution in [3.8, 4) is 22.9 Å². The first kappa shape index (κ1) is 47.4.